The number of carbonyl (C=O) groups excluding carboxylic acids is 1. The fourth-order valence-electron chi connectivity index (χ4n) is 3.43. The Balaban J connectivity index is 1.57. The van der Waals surface area contributed by atoms with Gasteiger partial charge in [0.1, 0.15) is 10.8 Å². The van der Waals surface area contributed by atoms with Crippen molar-refractivity contribution in [2.45, 2.75) is 25.3 Å². The van der Waals surface area contributed by atoms with Crippen LogP contribution in [0.5, 0.6) is 5.75 Å². The highest BCUT2D eigenvalue weighted by Gasteiger charge is 2.14. The molecule has 1 N–H and O–H groups in total. The Kier molecular flexibility index (Phi) is 7.02. The highest BCUT2D eigenvalue weighted by Crippen LogP contribution is 2.30. The first-order chi connectivity index (χ1) is 15.7. The third-order valence-corrected chi connectivity index (χ3v) is 5.97. The number of hydrogen-bond acceptors (Lipinski definition) is 5. The Morgan fingerprint density at radius 2 is 1.72 bits per heavy atom. The van der Waals surface area contributed by atoms with Gasteiger partial charge >= 0.3 is 0 Å². The number of rotatable bonds is 8. The van der Waals surface area contributed by atoms with Crippen LogP contribution < -0.4 is 10.1 Å². The molecule has 1 aromatic heterocycles. The summed E-state index contributed by atoms with van der Waals surface area (Å²) in [4.78, 5) is 22.3. The Morgan fingerprint density at radius 3 is 2.44 bits per heavy atom. The summed E-state index contributed by atoms with van der Waals surface area (Å²) in [6, 6.07) is 23.5. The average Bonchev–Trinajstić information content (AvgIpc) is 2.84. The number of amides is 1. The molecular formula is C26H25N3O2S. The molecule has 0 radical (unpaired) electrons. The minimum atomic E-state index is -0.0844. The van der Waals surface area contributed by atoms with E-state index in [1.54, 1.807) is 0 Å². The van der Waals surface area contributed by atoms with Crippen LogP contribution in [0.25, 0.3) is 22.3 Å². The van der Waals surface area contributed by atoms with Gasteiger partial charge in [0.2, 0.25) is 5.91 Å². The van der Waals surface area contributed by atoms with Gasteiger partial charge in [0.05, 0.1) is 17.9 Å². The number of benzene rings is 3. The Morgan fingerprint density at radius 1 is 0.938 bits per heavy atom. The van der Waals surface area contributed by atoms with Gasteiger partial charge in [-0.2, -0.15) is 0 Å². The van der Waals surface area contributed by atoms with Gasteiger partial charge in [0.25, 0.3) is 0 Å². The molecule has 4 aromatic rings. The molecule has 3 aromatic carbocycles. The first-order valence-electron chi connectivity index (χ1n) is 10.7. The topological polar surface area (TPSA) is 64.1 Å². The van der Waals surface area contributed by atoms with Crippen LogP contribution in [0.2, 0.25) is 0 Å². The maximum Gasteiger partial charge on any atom is 0.234 e. The van der Waals surface area contributed by atoms with E-state index >= 15 is 0 Å². The zero-order valence-electron chi connectivity index (χ0n) is 18.2. The number of anilines is 1. The molecule has 1 amide bonds. The molecule has 6 heteroatoms. The van der Waals surface area contributed by atoms with Crippen molar-refractivity contribution in [2.75, 3.05) is 17.7 Å². The average molecular weight is 444 g/mol. The molecule has 0 saturated carbocycles. The minimum Gasteiger partial charge on any atom is -0.494 e. The number of para-hydroxylation sites is 1. The van der Waals surface area contributed by atoms with E-state index in [9.17, 15) is 4.79 Å². The highest BCUT2D eigenvalue weighted by atomic mass is 32.2. The molecule has 0 aliphatic heterocycles. The van der Waals surface area contributed by atoms with Gasteiger partial charge in [0, 0.05) is 16.6 Å². The number of nitrogens with one attached hydrogen (secondary N) is 1. The van der Waals surface area contributed by atoms with Crippen LogP contribution in [0.3, 0.4) is 0 Å². The normalized spacial score (nSPS) is 10.8. The van der Waals surface area contributed by atoms with Crippen molar-refractivity contribution in [2.24, 2.45) is 0 Å². The van der Waals surface area contributed by atoms with E-state index < -0.39 is 0 Å². The van der Waals surface area contributed by atoms with Crippen LogP contribution in [0.15, 0.2) is 77.8 Å². The van der Waals surface area contributed by atoms with Crippen LogP contribution in [0.4, 0.5) is 5.69 Å². The zero-order chi connectivity index (χ0) is 22.3. The summed E-state index contributed by atoms with van der Waals surface area (Å²) in [6.07, 6.45) is 0.880. The van der Waals surface area contributed by atoms with Gasteiger partial charge in [-0.15, -0.1) is 0 Å². The second-order valence-electron chi connectivity index (χ2n) is 7.18. The van der Waals surface area contributed by atoms with Crippen molar-refractivity contribution in [3.8, 4) is 17.1 Å². The minimum absolute atomic E-state index is 0.0844. The van der Waals surface area contributed by atoms with E-state index in [2.05, 4.69) is 18.3 Å². The first-order valence-corrected chi connectivity index (χ1v) is 11.7. The fourth-order valence-corrected chi connectivity index (χ4v) is 4.24. The Hall–Kier alpha value is -3.38. The zero-order valence-corrected chi connectivity index (χ0v) is 19.0. The Labute approximate surface area is 192 Å². The fraction of sp³-hybridized carbons (Fsp3) is 0.192. The Bertz CT molecular complexity index is 1210. The lowest BCUT2D eigenvalue weighted by atomic mass is 10.1. The van der Waals surface area contributed by atoms with E-state index in [0.29, 0.717) is 12.4 Å². The molecular weight excluding hydrogens is 418 g/mol. The van der Waals surface area contributed by atoms with Gasteiger partial charge in [-0.1, -0.05) is 67.2 Å². The molecule has 0 saturated heterocycles. The molecule has 1 heterocycles. The SMILES string of the molecule is CCOc1ccc(NC(=O)CSc2nc(-c3ccccc3)nc3c(CC)cccc23)cc1. The number of hydrogen-bond donors (Lipinski definition) is 1. The summed E-state index contributed by atoms with van der Waals surface area (Å²) in [7, 11) is 0. The van der Waals surface area contributed by atoms with Gasteiger partial charge in [0.15, 0.2) is 5.82 Å². The lowest BCUT2D eigenvalue weighted by Crippen LogP contribution is -2.14. The van der Waals surface area contributed by atoms with Crippen LogP contribution in [-0.2, 0) is 11.2 Å². The molecule has 0 atom stereocenters. The number of aryl methyl sites for hydroxylation is 1. The van der Waals surface area contributed by atoms with Crippen LogP contribution in [-0.4, -0.2) is 28.2 Å². The highest BCUT2D eigenvalue weighted by molar-refractivity contribution is 8.00. The molecule has 0 spiro atoms. The smallest absolute Gasteiger partial charge is 0.234 e. The third-order valence-electron chi connectivity index (χ3n) is 4.98. The van der Waals surface area contributed by atoms with Crippen molar-refractivity contribution >= 4 is 34.3 Å². The van der Waals surface area contributed by atoms with E-state index in [1.807, 2.05) is 73.7 Å². The molecule has 5 nitrogen and oxygen atoms in total. The molecule has 32 heavy (non-hydrogen) atoms. The number of nitrogens with zero attached hydrogens (tertiary/aromatic N) is 2. The van der Waals surface area contributed by atoms with Crippen molar-refractivity contribution in [1.82, 2.24) is 9.97 Å². The quantitative estimate of drug-likeness (QED) is 0.268. The molecule has 162 valence electrons. The molecule has 0 fully saturated rings. The summed E-state index contributed by atoms with van der Waals surface area (Å²) in [5.41, 5.74) is 3.81. The lowest BCUT2D eigenvalue weighted by Gasteiger charge is -2.11. The van der Waals surface area contributed by atoms with E-state index in [0.717, 1.165) is 39.4 Å². The molecule has 0 bridgehead atoms. The standard InChI is InChI=1S/C26H25N3O2S/c1-3-18-11-8-12-22-24(18)28-25(19-9-6-5-7-10-19)29-26(22)32-17-23(30)27-20-13-15-21(16-14-20)31-4-2/h5-16H,3-4,17H2,1-2H3,(H,27,30). The summed E-state index contributed by atoms with van der Waals surface area (Å²) in [5, 5.41) is 4.73. The van der Waals surface area contributed by atoms with Gasteiger partial charge in [-0.3, -0.25) is 4.79 Å². The monoisotopic (exact) mass is 443 g/mol. The van der Waals surface area contributed by atoms with Gasteiger partial charge < -0.3 is 10.1 Å². The van der Waals surface area contributed by atoms with Crippen molar-refractivity contribution in [3.63, 3.8) is 0 Å². The van der Waals surface area contributed by atoms with Crippen molar-refractivity contribution in [3.05, 3.63) is 78.4 Å². The molecule has 0 aliphatic carbocycles. The van der Waals surface area contributed by atoms with Gasteiger partial charge in [-0.25, -0.2) is 9.97 Å². The van der Waals surface area contributed by atoms with Crippen LogP contribution in [0, 0.1) is 0 Å². The lowest BCUT2D eigenvalue weighted by molar-refractivity contribution is -0.113. The molecule has 4 rings (SSSR count). The summed E-state index contributed by atoms with van der Waals surface area (Å²) >= 11 is 1.43. The second-order valence-corrected chi connectivity index (χ2v) is 8.14. The summed E-state index contributed by atoms with van der Waals surface area (Å²) < 4.78 is 5.45. The van der Waals surface area contributed by atoms with Gasteiger partial charge in [-0.05, 0) is 43.2 Å². The maximum absolute atomic E-state index is 12.6. The number of aromatic nitrogens is 2. The number of thioether (sulfide) groups is 1. The molecule has 0 unspecified atom stereocenters. The van der Waals surface area contributed by atoms with E-state index in [-0.39, 0.29) is 11.7 Å². The third kappa shape index (κ3) is 5.08. The van der Waals surface area contributed by atoms with Crippen LogP contribution >= 0.6 is 11.8 Å². The predicted octanol–water partition coefficient (Wildman–Crippen LogP) is 5.99. The number of ether oxygens (including phenoxy) is 1. The molecule has 0 aliphatic rings. The van der Waals surface area contributed by atoms with Crippen LogP contribution in [0.1, 0.15) is 19.4 Å². The first kappa shape index (κ1) is 21.8. The summed E-state index contributed by atoms with van der Waals surface area (Å²) in [6.45, 7) is 4.67. The van der Waals surface area contributed by atoms with Crippen molar-refractivity contribution < 1.29 is 9.53 Å². The largest absolute Gasteiger partial charge is 0.494 e. The maximum atomic E-state index is 12.6. The van der Waals surface area contributed by atoms with E-state index in [1.165, 1.54) is 17.3 Å². The van der Waals surface area contributed by atoms with Crippen molar-refractivity contribution in [1.29, 1.82) is 0 Å². The predicted molar refractivity (Wildman–Crippen MR) is 131 cm³/mol. The second kappa shape index (κ2) is 10.3. The van der Waals surface area contributed by atoms with E-state index in [4.69, 9.17) is 14.7 Å². The number of carbonyl (C=O) groups is 1. The number of fused-ring (bicyclic) bond motifs is 1. The summed E-state index contributed by atoms with van der Waals surface area (Å²) in [5.74, 6) is 1.63.